The molecule has 0 bridgehead atoms. The molecule has 0 aliphatic carbocycles. The molecule has 0 saturated carbocycles. The number of anilines is 1. The molecule has 0 radical (unpaired) electrons. The van der Waals surface area contributed by atoms with Crippen molar-refractivity contribution in [1.82, 2.24) is 14.9 Å². The SMILES string of the molecule is CNc1cc(C)nc([C@H]2COCCN2C(=O)Cc2ccc(F)cc2)n1. The van der Waals surface area contributed by atoms with Gasteiger partial charge in [0.25, 0.3) is 0 Å². The van der Waals surface area contributed by atoms with Crippen LogP contribution in [-0.2, 0) is 16.0 Å². The molecule has 1 aromatic heterocycles. The van der Waals surface area contributed by atoms with Gasteiger partial charge in [-0.2, -0.15) is 0 Å². The number of carbonyl (C=O) groups is 1. The molecule has 1 amide bonds. The van der Waals surface area contributed by atoms with Crippen LogP contribution in [0.3, 0.4) is 0 Å². The van der Waals surface area contributed by atoms with Gasteiger partial charge in [-0.3, -0.25) is 4.79 Å². The van der Waals surface area contributed by atoms with Gasteiger partial charge in [-0.05, 0) is 24.6 Å². The maximum Gasteiger partial charge on any atom is 0.227 e. The van der Waals surface area contributed by atoms with E-state index in [1.54, 1.807) is 24.1 Å². The maximum atomic E-state index is 13.0. The molecule has 1 aromatic carbocycles. The zero-order chi connectivity index (χ0) is 17.8. The third kappa shape index (κ3) is 4.11. The van der Waals surface area contributed by atoms with Gasteiger partial charge < -0.3 is 15.0 Å². The second-order valence-corrected chi connectivity index (χ2v) is 5.98. The molecule has 0 spiro atoms. The minimum atomic E-state index is -0.325. The number of hydrogen-bond donors (Lipinski definition) is 1. The minimum absolute atomic E-state index is 0.0454. The summed E-state index contributed by atoms with van der Waals surface area (Å²) in [6, 6.07) is 7.51. The number of nitrogens with one attached hydrogen (secondary N) is 1. The average molecular weight is 344 g/mol. The Morgan fingerprint density at radius 1 is 1.36 bits per heavy atom. The van der Waals surface area contributed by atoms with E-state index < -0.39 is 0 Å². The summed E-state index contributed by atoms with van der Waals surface area (Å²) in [5.74, 6) is 0.916. The summed E-state index contributed by atoms with van der Waals surface area (Å²) in [6.07, 6.45) is 0.210. The molecule has 1 fully saturated rings. The lowest BCUT2D eigenvalue weighted by molar-refractivity contribution is -0.139. The van der Waals surface area contributed by atoms with Gasteiger partial charge in [-0.25, -0.2) is 14.4 Å². The number of rotatable bonds is 4. The summed E-state index contributed by atoms with van der Waals surface area (Å²) in [5.41, 5.74) is 1.60. The van der Waals surface area contributed by atoms with Crippen LogP contribution < -0.4 is 5.32 Å². The van der Waals surface area contributed by atoms with Crippen molar-refractivity contribution in [2.75, 3.05) is 32.1 Å². The van der Waals surface area contributed by atoms with Gasteiger partial charge >= 0.3 is 0 Å². The lowest BCUT2D eigenvalue weighted by Crippen LogP contribution is -2.44. The molecule has 1 N–H and O–H groups in total. The van der Waals surface area contributed by atoms with Crippen molar-refractivity contribution in [3.63, 3.8) is 0 Å². The number of halogens is 1. The highest BCUT2D eigenvalue weighted by Gasteiger charge is 2.31. The van der Waals surface area contributed by atoms with Crippen LogP contribution in [0, 0.1) is 12.7 Å². The number of nitrogens with zero attached hydrogens (tertiary/aromatic N) is 3. The molecule has 1 atom stereocenters. The predicted octanol–water partition coefficient (Wildman–Crippen LogP) is 2.11. The molecule has 1 aliphatic heterocycles. The van der Waals surface area contributed by atoms with E-state index in [1.807, 2.05) is 13.0 Å². The Labute approximate surface area is 146 Å². The highest BCUT2D eigenvalue weighted by Crippen LogP contribution is 2.24. The highest BCUT2D eigenvalue weighted by molar-refractivity contribution is 5.79. The van der Waals surface area contributed by atoms with Crippen LogP contribution in [0.2, 0.25) is 0 Å². The summed E-state index contributed by atoms with van der Waals surface area (Å²) in [5, 5.41) is 3.01. The fourth-order valence-corrected chi connectivity index (χ4v) is 2.86. The van der Waals surface area contributed by atoms with Gasteiger partial charge in [0.15, 0.2) is 5.82 Å². The van der Waals surface area contributed by atoms with E-state index in [4.69, 9.17) is 4.74 Å². The Hall–Kier alpha value is -2.54. The Bertz CT molecular complexity index is 751. The quantitative estimate of drug-likeness (QED) is 0.920. The van der Waals surface area contributed by atoms with Crippen LogP contribution in [0.25, 0.3) is 0 Å². The second kappa shape index (κ2) is 7.57. The van der Waals surface area contributed by atoms with E-state index in [-0.39, 0.29) is 24.2 Å². The number of amides is 1. The van der Waals surface area contributed by atoms with E-state index in [2.05, 4.69) is 15.3 Å². The van der Waals surface area contributed by atoms with E-state index in [1.165, 1.54) is 12.1 Å². The molecular formula is C18H21FN4O2. The summed E-state index contributed by atoms with van der Waals surface area (Å²) in [4.78, 5) is 23.5. The molecule has 6 nitrogen and oxygen atoms in total. The largest absolute Gasteiger partial charge is 0.377 e. The number of hydrogen-bond acceptors (Lipinski definition) is 5. The van der Waals surface area contributed by atoms with Crippen molar-refractivity contribution in [2.24, 2.45) is 0 Å². The third-order valence-corrected chi connectivity index (χ3v) is 4.14. The molecule has 3 rings (SSSR count). The Kier molecular flexibility index (Phi) is 5.23. The fourth-order valence-electron chi connectivity index (χ4n) is 2.86. The molecule has 7 heteroatoms. The normalized spacial score (nSPS) is 17.4. The first-order valence-electron chi connectivity index (χ1n) is 8.22. The first-order chi connectivity index (χ1) is 12.1. The summed E-state index contributed by atoms with van der Waals surface area (Å²) < 4.78 is 18.6. The number of aromatic nitrogens is 2. The monoisotopic (exact) mass is 344 g/mol. The van der Waals surface area contributed by atoms with E-state index in [0.29, 0.717) is 31.4 Å². The van der Waals surface area contributed by atoms with Crippen LogP contribution in [0.1, 0.15) is 23.1 Å². The Morgan fingerprint density at radius 2 is 2.12 bits per heavy atom. The zero-order valence-electron chi connectivity index (χ0n) is 14.3. The molecule has 1 saturated heterocycles. The summed E-state index contributed by atoms with van der Waals surface area (Å²) in [6.45, 7) is 3.22. The van der Waals surface area contributed by atoms with Gasteiger partial charge in [0.2, 0.25) is 5.91 Å². The average Bonchev–Trinajstić information content (AvgIpc) is 2.63. The highest BCUT2D eigenvalue weighted by atomic mass is 19.1. The fraction of sp³-hybridized carbons (Fsp3) is 0.389. The molecule has 2 heterocycles. The maximum absolute atomic E-state index is 13.0. The van der Waals surface area contributed by atoms with Crippen molar-refractivity contribution < 1.29 is 13.9 Å². The summed E-state index contributed by atoms with van der Waals surface area (Å²) in [7, 11) is 1.79. The molecular weight excluding hydrogens is 323 g/mol. The van der Waals surface area contributed by atoms with E-state index in [9.17, 15) is 9.18 Å². The predicted molar refractivity (Wildman–Crippen MR) is 91.7 cm³/mol. The molecule has 132 valence electrons. The first-order valence-corrected chi connectivity index (χ1v) is 8.22. The van der Waals surface area contributed by atoms with Crippen molar-refractivity contribution in [2.45, 2.75) is 19.4 Å². The van der Waals surface area contributed by atoms with E-state index >= 15 is 0 Å². The Balaban J connectivity index is 1.81. The van der Waals surface area contributed by atoms with Crippen LogP contribution in [0.15, 0.2) is 30.3 Å². The van der Waals surface area contributed by atoms with Gasteiger partial charge in [-0.1, -0.05) is 12.1 Å². The lowest BCUT2D eigenvalue weighted by Gasteiger charge is -2.35. The smallest absolute Gasteiger partial charge is 0.227 e. The molecule has 25 heavy (non-hydrogen) atoms. The number of morpholine rings is 1. The van der Waals surface area contributed by atoms with Gasteiger partial charge in [0, 0.05) is 25.4 Å². The van der Waals surface area contributed by atoms with Crippen molar-refractivity contribution in [1.29, 1.82) is 0 Å². The van der Waals surface area contributed by atoms with Gasteiger partial charge in [-0.15, -0.1) is 0 Å². The first kappa shape index (κ1) is 17.3. The molecule has 2 aromatic rings. The number of aryl methyl sites for hydroxylation is 1. The van der Waals surface area contributed by atoms with Crippen LogP contribution in [0.4, 0.5) is 10.2 Å². The standard InChI is InChI=1S/C18H21FN4O2/c1-12-9-16(20-2)22-18(21-12)15-11-25-8-7-23(15)17(24)10-13-3-5-14(19)6-4-13/h3-6,9,15H,7-8,10-11H2,1-2H3,(H,20,21,22)/t15-/m1/s1. The van der Waals surface area contributed by atoms with Crippen molar-refractivity contribution >= 4 is 11.7 Å². The number of carbonyl (C=O) groups excluding carboxylic acids is 1. The van der Waals surface area contributed by atoms with Crippen molar-refractivity contribution in [3.05, 3.63) is 53.2 Å². The van der Waals surface area contributed by atoms with Gasteiger partial charge in [0.05, 0.1) is 19.6 Å². The van der Waals surface area contributed by atoms with Gasteiger partial charge in [0.1, 0.15) is 17.7 Å². The van der Waals surface area contributed by atoms with Crippen LogP contribution in [0.5, 0.6) is 0 Å². The number of benzene rings is 1. The topological polar surface area (TPSA) is 67.4 Å². The zero-order valence-corrected chi connectivity index (χ0v) is 14.3. The van der Waals surface area contributed by atoms with Crippen molar-refractivity contribution in [3.8, 4) is 0 Å². The summed E-state index contributed by atoms with van der Waals surface area (Å²) >= 11 is 0. The minimum Gasteiger partial charge on any atom is -0.377 e. The number of ether oxygens (including phenoxy) is 1. The lowest BCUT2D eigenvalue weighted by atomic mass is 10.1. The third-order valence-electron chi connectivity index (χ3n) is 4.14. The second-order valence-electron chi connectivity index (χ2n) is 5.98. The molecule has 0 unspecified atom stereocenters. The van der Waals surface area contributed by atoms with Crippen LogP contribution >= 0.6 is 0 Å². The molecule has 1 aliphatic rings. The van der Waals surface area contributed by atoms with E-state index in [0.717, 1.165) is 11.3 Å². The van der Waals surface area contributed by atoms with Crippen LogP contribution in [-0.4, -0.2) is 47.6 Å². The Morgan fingerprint density at radius 3 is 2.84 bits per heavy atom.